The predicted molar refractivity (Wildman–Crippen MR) is 99.3 cm³/mol. The molecule has 1 fully saturated rings. The molecule has 24 heavy (non-hydrogen) atoms. The second-order valence-electron chi connectivity index (χ2n) is 8.06. The van der Waals surface area contributed by atoms with Gasteiger partial charge in [0.2, 0.25) is 0 Å². The minimum absolute atomic E-state index is 0.205. The van der Waals surface area contributed by atoms with E-state index < -0.39 is 5.60 Å². The Labute approximate surface area is 147 Å². The molecule has 6 heteroatoms. The summed E-state index contributed by atoms with van der Waals surface area (Å²) in [5.74, 6) is 1.78. The lowest BCUT2D eigenvalue weighted by Gasteiger charge is -2.34. The molecule has 1 saturated heterocycles. The number of aliphatic imine (C=N–C) groups is 1. The number of hydrogen-bond donors (Lipinski definition) is 2. The van der Waals surface area contributed by atoms with Gasteiger partial charge in [0.25, 0.3) is 0 Å². The average Bonchev–Trinajstić information content (AvgIpc) is 2.49. The number of hydrogen-bond acceptors (Lipinski definition) is 3. The molecule has 1 aliphatic heterocycles. The highest BCUT2D eigenvalue weighted by molar-refractivity contribution is 5.79. The molecule has 1 heterocycles. The first-order chi connectivity index (χ1) is 11.1. The zero-order chi connectivity index (χ0) is 18.3. The molecule has 2 atom stereocenters. The van der Waals surface area contributed by atoms with Crippen molar-refractivity contribution in [2.45, 2.75) is 66.0 Å². The fourth-order valence-corrected chi connectivity index (χ4v) is 2.54. The number of guanidine groups is 1. The van der Waals surface area contributed by atoms with E-state index in [1.54, 1.807) is 7.05 Å². The predicted octanol–water partition coefficient (Wildman–Crippen LogP) is 2.84. The first-order valence-corrected chi connectivity index (χ1v) is 9.07. The number of carbonyl (C=O) groups excluding carboxylic acids is 1. The fraction of sp³-hybridized carbons (Fsp3) is 0.889. The topological polar surface area (TPSA) is 66.0 Å². The standard InChI is InChI=1S/C18H36N4O2/c1-13(2)14(3)21-16(19-7)20-11-15-9-8-10-22(12-15)17(23)24-18(4,5)6/h13-15H,8-12H2,1-7H3,(H2,19,20,21). The van der Waals surface area contributed by atoms with Crippen molar-refractivity contribution in [3.05, 3.63) is 0 Å². The van der Waals surface area contributed by atoms with E-state index in [4.69, 9.17) is 4.74 Å². The number of nitrogens with one attached hydrogen (secondary N) is 2. The maximum Gasteiger partial charge on any atom is 0.410 e. The van der Waals surface area contributed by atoms with Crippen molar-refractivity contribution in [3.63, 3.8) is 0 Å². The molecule has 6 nitrogen and oxygen atoms in total. The van der Waals surface area contributed by atoms with Gasteiger partial charge in [-0.25, -0.2) is 4.79 Å². The van der Waals surface area contributed by atoms with Gasteiger partial charge in [0, 0.05) is 32.7 Å². The van der Waals surface area contributed by atoms with E-state index >= 15 is 0 Å². The molecular weight excluding hydrogens is 304 g/mol. The third-order valence-electron chi connectivity index (χ3n) is 4.32. The summed E-state index contributed by atoms with van der Waals surface area (Å²) in [6.07, 6.45) is 1.92. The van der Waals surface area contributed by atoms with Crippen LogP contribution in [0.15, 0.2) is 4.99 Å². The lowest BCUT2D eigenvalue weighted by molar-refractivity contribution is 0.0168. The quantitative estimate of drug-likeness (QED) is 0.610. The van der Waals surface area contributed by atoms with Gasteiger partial charge in [-0.2, -0.15) is 0 Å². The Morgan fingerprint density at radius 2 is 2.00 bits per heavy atom. The monoisotopic (exact) mass is 340 g/mol. The summed E-state index contributed by atoms with van der Waals surface area (Å²) in [7, 11) is 1.79. The molecule has 1 amide bonds. The van der Waals surface area contributed by atoms with Gasteiger partial charge in [-0.15, -0.1) is 0 Å². The Morgan fingerprint density at radius 1 is 1.33 bits per heavy atom. The third-order valence-corrected chi connectivity index (χ3v) is 4.32. The van der Waals surface area contributed by atoms with Crippen LogP contribution >= 0.6 is 0 Å². The van der Waals surface area contributed by atoms with Crippen LogP contribution in [0.3, 0.4) is 0 Å². The van der Waals surface area contributed by atoms with Gasteiger partial charge in [0.15, 0.2) is 5.96 Å². The van der Waals surface area contributed by atoms with Gasteiger partial charge in [-0.1, -0.05) is 13.8 Å². The van der Waals surface area contributed by atoms with E-state index in [1.165, 1.54) is 0 Å². The van der Waals surface area contributed by atoms with Crippen LogP contribution in [0.25, 0.3) is 0 Å². The van der Waals surface area contributed by atoms with E-state index in [1.807, 2.05) is 25.7 Å². The van der Waals surface area contributed by atoms with Crippen LogP contribution in [0.5, 0.6) is 0 Å². The zero-order valence-electron chi connectivity index (χ0n) is 16.5. The number of ether oxygens (including phenoxy) is 1. The second kappa shape index (κ2) is 9.14. The van der Waals surface area contributed by atoms with Crippen LogP contribution in [-0.4, -0.2) is 55.3 Å². The maximum absolute atomic E-state index is 12.2. The molecular formula is C18H36N4O2. The molecule has 0 aromatic heterocycles. The molecule has 0 radical (unpaired) electrons. The third kappa shape index (κ3) is 7.41. The number of carbonyl (C=O) groups is 1. The first-order valence-electron chi connectivity index (χ1n) is 9.07. The molecule has 0 spiro atoms. The average molecular weight is 341 g/mol. The van der Waals surface area contributed by atoms with Crippen molar-refractivity contribution in [2.75, 3.05) is 26.7 Å². The van der Waals surface area contributed by atoms with E-state index in [-0.39, 0.29) is 6.09 Å². The molecule has 2 N–H and O–H groups in total. The van der Waals surface area contributed by atoms with Crippen LogP contribution < -0.4 is 10.6 Å². The highest BCUT2D eigenvalue weighted by Crippen LogP contribution is 2.18. The minimum Gasteiger partial charge on any atom is -0.444 e. The summed E-state index contributed by atoms with van der Waals surface area (Å²) in [5, 5.41) is 6.80. The molecule has 1 rings (SSSR count). The highest BCUT2D eigenvalue weighted by Gasteiger charge is 2.27. The van der Waals surface area contributed by atoms with E-state index in [2.05, 4.69) is 36.4 Å². The second-order valence-corrected chi connectivity index (χ2v) is 8.06. The molecule has 0 aromatic carbocycles. The summed E-state index contributed by atoms with van der Waals surface area (Å²) in [5.41, 5.74) is -0.443. The van der Waals surface area contributed by atoms with Crippen molar-refractivity contribution in [1.82, 2.24) is 15.5 Å². The van der Waals surface area contributed by atoms with Gasteiger partial charge in [-0.05, 0) is 52.4 Å². The Bertz CT molecular complexity index is 429. The van der Waals surface area contributed by atoms with Crippen LogP contribution in [0, 0.1) is 11.8 Å². The van der Waals surface area contributed by atoms with Crippen molar-refractivity contribution in [3.8, 4) is 0 Å². The lowest BCUT2D eigenvalue weighted by atomic mass is 9.98. The molecule has 140 valence electrons. The van der Waals surface area contributed by atoms with Crippen LogP contribution in [0.4, 0.5) is 4.79 Å². The Hall–Kier alpha value is -1.46. The van der Waals surface area contributed by atoms with Crippen molar-refractivity contribution in [2.24, 2.45) is 16.8 Å². The highest BCUT2D eigenvalue weighted by atomic mass is 16.6. The van der Waals surface area contributed by atoms with E-state index in [0.717, 1.165) is 38.4 Å². The molecule has 0 aromatic rings. The number of amides is 1. The van der Waals surface area contributed by atoms with Crippen LogP contribution in [0.1, 0.15) is 54.4 Å². The van der Waals surface area contributed by atoms with Crippen molar-refractivity contribution < 1.29 is 9.53 Å². The summed E-state index contributed by atoms with van der Waals surface area (Å²) in [6.45, 7) is 14.6. The lowest BCUT2D eigenvalue weighted by Crippen LogP contribution is -2.49. The fourth-order valence-electron chi connectivity index (χ4n) is 2.54. The summed E-state index contributed by atoms with van der Waals surface area (Å²) in [4.78, 5) is 18.3. The maximum atomic E-state index is 12.2. The van der Waals surface area contributed by atoms with Gasteiger partial charge < -0.3 is 20.3 Å². The Morgan fingerprint density at radius 3 is 2.54 bits per heavy atom. The Kier molecular flexibility index (Phi) is 7.84. The summed E-state index contributed by atoms with van der Waals surface area (Å²) in [6, 6.07) is 0.362. The Balaban J connectivity index is 2.46. The molecule has 0 saturated carbocycles. The molecule has 0 bridgehead atoms. The normalized spacial score (nSPS) is 20.8. The molecule has 0 aliphatic carbocycles. The smallest absolute Gasteiger partial charge is 0.410 e. The summed E-state index contributed by atoms with van der Waals surface area (Å²) >= 11 is 0. The zero-order valence-corrected chi connectivity index (χ0v) is 16.5. The number of piperidine rings is 1. The minimum atomic E-state index is -0.443. The van der Waals surface area contributed by atoms with E-state index in [0.29, 0.717) is 17.9 Å². The van der Waals surface area contributed by atoms with Crippen molar-refractivity contribution >= 4 is 12.1 Å². The van der Waals surface area contributed by atoms with Gasteiger partial charge in [0.1, 0.15) is 5.60 Å². The van der Waals surface area contributed by atoms with Crippen LogP contribution in [0.2, 0.25) is 0 Å². The largest absolute Gasteiger partial charge is 0.444 e. The number of rotatable bonds is 4. The summed E-state index contributed by atoms with van der Waals surface area (Å²) < 4.78 is 5.48. The number of likely N-dealkylation sites (tertiary alicyclic amines) is 1. The van der Waals surface area contributed by atoms with Gasteiger partial charge in [0.05, 0.1) is 0 Å². The SMILES string of the molecule is CN=C(NCC1CCCN(C(=O)OC(C)(C)C)C1)NC(C)C(C)C. The van der Waals surface area contributed by atoms with Gasteiger partial charge in [-0.3, -0.25) is 4.99 Å². The molecule has 2 unspecified atom stereocenters. The van der Waals surface area contributed by atoms with Gasteiger partial charge >= 0.3 is 6.09 Å². The first kappa shape index (κ1) is 20.6. The van der Waals surface area contributed by atoms with E-state index in [9.17, 15) is 4.79 Å². The van der Waals surface area contributed by atoms with Crippen molar-refractivity contribution in [1.29, 1.82) is 0 Å². The number of nitrogens with zero attached hydrogens (tertiary/aromatic N) is 2. The molecule has 1 aliphatic rings. The van der Waals surface area contributed by atoms with Crippen LogP contribution in [-0.2, 0) is 4.74 Å².